The number of hydrogen-bond donors (Lipinski definition) is 0. The molecule has 78 valence electrons. The normalized spacial score (nSPS) is 10.5. The van der Waals surface area contributed by atoms with Crippen molar-refractivity contribution in [2.75, 3.05) is 0 Å². The lowest BCUT2D eigenvalue weighted by atomic mass is 10.5. The fourth-order valence-corrected chi connectivity index (χ4v) is 3.06. The van der Waals surface area contributed by atoms with E-state index in [1.165, 1.54) is 11.5 Å². The van der Waals surface area contributed by atoms with Crippen molar-refractivity contribution < 1.29 is 0 Å². The van der Waals surface area contributed by atoms with Crippen molar-refractivity contribution in [1.82, 2.24) is 14.3 Å². The predicted molar refractivity (Wildman–Crippen MR) is 65.3 cm³/mol. The van der Waals surface area contributed by atoms with Gasteiger partial charge in [0.2, 0.25) is 0 Å². The molecule has 0 N–H and O–H groups in total. The number of hydrogen-bond acceptors (Lipinski definition) is 5. The maximum atomic E-state index is 4.37. The molecule has 2 rings (SSSR count). The average molecular weight is 302 g/mol. The van der Waals surface area contributed by atoms with Crippen molar-refractivity contribution in [2.24, 2.45) is 0 Å². The van der Waals surface area contributed by atoms with E-state index < -0.39 is 0 Å². The van der Waals surface area contributed by atoms with Gasteiger partial charge in [-0.25, -0.2) is 9.97 Å². The van der Waals surface area contributed by atoms with Crippen LogP contribution in [0.4, 0.5) is 0 Å². The van der Waals surface area contributed by atoms with Crippen molar-refractivity contribution in [2.45, 2.75) is 22.7 Å². The minimum Gasteiger partial charge on any atom is -0.234 e. The van der Waals surface area contributed by atoms with Crippen LogP contribution in [0.1, 0.15) is 12.7 Å². The molecule has 0 radical (unpaired) electrons. The van der Waals surface area contributed by atoms with E-state index in [0.717, 1.165) is 26.2 Å². The third-order valence-corrected chi connectivity index (χ3v) is 3.81. The summed E-state index contributed by atoms with van der Waals surface area (Å²) in [5.74, 6) is 0.900. The molecule has 0 aliphatic rings. The van der Waals surface area contributed by atoms with Gasteiger partial charge in [0.1, 0.15) is 15.5 Å². The summed E-state index contributed by atoms with van der Waals surface area (Å²) in [7, 11) is 0. The summed E-state index contributed by atoms with van der Waals surface area (Å²) in [6.07, 6.45) is 0.878. The quantitative estimate of drug-likeness (QED) is 0.815. The maximum Gasteiger partial charge on any atom is 0.176 e. The van der Waals surface area contributed by atoms with Crippen LogP contribution in [0.25, 0.3) is 0 Å². The molecular weight excluding hydrogens is 294 g/mol. The van der Waals surface area contributed by atoms with Gasteiger partial charge in [-0.3, -0.25) is 0 Å². The number of aromatic nitrogens is 3. The van der Waals surface area contributed by atoms with Crippen LogP contribution in [-0.2, 0) is 6.42 Å². The molecule has 0 saturated carbocycles. The number of pyridine rings is 1. The first kappa shape index (κ1) is 11.0. The summed E-state index contributed by atoms with van der Waals surface area (Å²) < 4.78 is 6.01. The van der Waals surface area contributed by atoms with Crippen LogP contribution in [0.2, 0.25) is 0 Å². The molecule has 6 heteroatoms. The van der Waals surface area contributed by atoms with Crippen molar-refractivity contribution in [1.29, 1.82) is 0 Å². The summed E-state index contributed by atoms with van der Waals surface area (Å²) in [5, 5.41) is 0.933. The number of aryl methyl sites for hydroxylation is 1. The third kappa shape index (κ3) is 2.99. The van der Waals surface area contributed by atoms with Gasteiger partial charge in [-0.15, -0.1) is 0 Å². The highest BCUT2D eigenvalue weighted by atomic mass is 79.9. The molecule has 0 aromatic carbocycles. The highest BCUT2D eigenvalue weighted by Crippen LogP contribution is 2.28. The molecule has 0 amide bonds. The maximum absolute atomic E-state index is 4.37. The molecule has 0 unspecified atom stereocenters. The fraction of sp³-hybridized carbons (Fsp3) is 0.222. The summed E-state index contributed by atoms with van der Waals surface area (Å²) in [6, 6.07) is 5.82. The van der Waals surface area contributed by atoms with E-state index in [4.69, 9.17) is 0 Å². The topological polar surface area (TPSA) is 38.7 Å². The minimum atomic E-state index is 0.840. The molecule has 3 nitrogen and oxygen atoms in total. The summed E-state index contributed by atoms with van der Waals surface area (Å²) in [5.41, 5.74) is 0. The second-order valence-electron chi connectivity index (χ2n) is 2.73. The Morgan fingerprint density at radius 3 is 2.93 bits per heavy atom. The first-order valence-corrected chi connectivity index (χ1v) is 6.79. The molecule has 0 saturated heterocycles. The van der Waals surface area contributed by atoms with E-state index in [0.29, 0.717) is 0 Å². The lowest BCUT2D eigenvalue weighted by molar-refractivity contribution is 0.970. The Hall–Kier alpha value is -0.460. The molecule has 0 spiro atoms. The molecule has 15 heavy (non-hydrogen) atoms. The van der Waals surface area contributed by atoms with Gasteiger partial charge in [-0.05, 0) is 51.4 Å². The number of halogens is 1. The molecular formula is C9H8BrN3S2. The van der Waals surface area contributed by atoms with Crippen LogP contribution < -0.4 is 0 Å². The highest BCUT2D eigenvalue weighted by Gasteiger charge is 2.05. The van der Waals surface area contributed by atoms with Crippen LogP contribution in [0, 0.1) is 0 Å². The van der Waals surface area contributed by atoms with Crippen molar-refractivity contribution >= 4 is 39.2 Å². The molecule has 2 aromatic rings. The van der Waals surface area contributed by atoms with Gasteiger partial charge in [0, 0.05) is 6.42 Å². The Bertz CT molecular complexity index is 458. The predicted octanol–water partition coefficient (Wildman–Crippen LogP) is 3.41. The molecule has 2 aromatic heterocycles. The molecule has 0 atom stereocenters. The standard InChI is InChI=1S/C9H8BrN3S2/c1-2-7-12-9(15-13-7)14-8-5-3-4-6(10)11-8/h3-5H,2H2,1H3. The van der Waals surface area contributed by atoms with Crippen LogP contribution in [0.5, 0.6) is 0 Å². The van der Waals surface area contributed by atoms with E-state index in [1.54, 1.807) is 11.8 Å². The second kappa shape index (κ2) is 5.05. The Morgan fingerprint density at radius 1 is 1.40 bits per heavy atom. The van der Waals surface area contributed by atoms with Crippen molar-refractivity contribution in [3.63, 3.8) is 0 Å². The largest absolute Gasteiger partial charge is 0.234 e. The first-order valence-electron chi connectivity index (χ1n) is 4.41. The van der Waals surface area contributed by atoms with E-state index in [9.17, 15) is 0 Å². The van der Waals surface area contributed by atoms with Gasteiger partial charge in [-0.1, -0.05) is 13.0 Å². The van der Waals surface area contributed by atoms with Gasteiger partial charge in [0.25, 0.3) is 0 Å². The van der Waals surface area contributed by atoms with E-state index in [-0.39, 0.29) is 0 Å². The molecule has 0 fully saturated rings. The number of rotatable bonds is 3. The van der Waals surface area contributed by atoms with Crippen molar-refractivity contribution in [3.05, 3.63) is 28.6 Å². The Morgan fingerprint density at radius 2 is 2.27 bits per heavy atom. The van der Waals surface area contributed by atoms with E-state index in [2.05, 4.69) is 30.3 Å². The first-order chi connectivity index (χ1) is 7.28. The third-order valence-electron chi connectivity index (χ3n) is 1.65. The van der Waals surface area contributed by atoms with E-state index in [1.807, 2.05) is 25.1 Å². The van der Waals surface area contributed by atoms with Crippen LogP contribution in [0.3, 0.4) is 0 Å². The average Bonchev–Trinajstić information content (AvgIpc) is 2.65. The molecule has 2 heterocycles. The van der Waals surface area contributed by atoms with Crippen LogP contribution in [-0.4, -0.2) is 14.3 Å². The molecule has 0 aliphatic carbocycles. The summed E-state index contributed by atoms with van der Waals surface area (Å²) in [4.78, 5) is 8.69. The lowest BCUT2D eigenvalue weighted by Gasteiger charge is -1.95. The minimum absolute atomic E-state index is 0.840. The highest BCUT2D eigenvalue weighted by molar-refractivity contribution is 9.10. The van der Waals surface area contributed by atoms with Gasteiger partial charge in [-0.2, -0.15) is 4.37 Å². The monoisotopic (exact) mass is 301 g/mol. The van der Waals surface area contributed by atoms with Gasteiger partial charge in [0.15, 0.2) is 4.34 Å². The Balaban J connectivity index is 2.14. The fourth-order valence-electron chi connectivity index (χ4n) is 0.959. The molecule has 0 aliphatic heterocycles. The zero-order valence-corrected chi connectivity index (χ0v) is 11.2. The second-order valence-corrected chi connectivity index (χ2v) is 5.56. The Labute approximate surface area is 105 Å². The zero-order valence-electron chi connectivity index (χ0n) is 7.98. The van der Waals surface area contributed by atoms with Crippen LogP contribution >= 0.6 is 39.2 Å². The van der Waals surface area contributed by atoms with E-state index >= 15 is 0 Å². The van der Waals surface area contributed by atoms with Crippen molar-refractivity contribution in [3.8, 4) is 0 Å². The SMILES string of the molecule is CCc1nsc(Sc2cccc(Br)n2)n1. The summed E-state index contributed by atoms with van der Waals surface area (Å²) in [6.45, 7) is 2.05. The van der Waals surface area contributed by atoms with Gasteiger partial charge >= 0.3 is 0 Å². The van der Waals surface area contributed by atoms with Gasteiger partial charge in [0.05, 0.1) is 0 Å². The zero-order chi connectivity index (χ0) is 10.7. The van der Waals surface area contributed by atoms with Gasteiger partial charge < -0.3 is 0 Å². The molecule has 0 bridgehead atoms. The number of nitrogens with zero attached hydrogens (tertiary/aromatic N) is 3. The lowest BCUT2D eigenvalue weighted by Crippen LogP contribution is -1.82. The Kier molecular flexibility index (Phi) is 3.71. The van der Waals surface area contributed by atoms with Crippen LogP contribution in [0.15, 0.2) is 32.2 Å². The smallest absolute Gasteiger partial charge is 0.176 e. The summed E-state index contributed by atoms with van der Waals surface area (Å²) >= 11 is 6.30.